The number of nitrogens with zero attached hydrogens (tertiary/aromatic N) is 4. The van der Waals surface area contributed by atoms with E-state index in [2.05, 4.69) is 34.5 Å². The van der Waals surface area contributed by atoms with E-state index in [1.54, 1.807) is 0 Å². The lowest BCUT2D eigenvalue weighted by Crippen LogP contribution is -2.39. The van der Waals surface area contributed by atoms with Crippen LogP contribution in [0.15, 0.2) is 11.2 Å². The number of nitrogens with one attached hydrogen (secondary N) is 2. The SMILES string of the molecule is CCNC(=NCCN1CCCCC1)NCCc1cnn(C)c1C. The minimum Gasteiger partial charge on any atom is -0.357 e. The summed E-state index contributed by atoms with van der Waals surface area (Å²) in [5.41, 5.74) is 2.53. The van der Waals surface area contributed by atoms with Crippen LogP contribution in [0.25, 0.3) is 0 Å². The summed E-state index contributed by atoms with van der Waals surface area (Å²) in [4.78, 5) is 7.22. The van der Waals surface area contributed by atoms with E-state index in [-0.39, 0.29) is 0 Å². The van der Waals surface area contributed by atoms with Crippen LogP contribution in [0.2, 0.25) is 0 Å². The Kier molecular flexibility index (Phi) is 7.39. The number of guanidine groups is 1. The van der Waals surface area contributed by atoms with Gasteiger partial charge in [-0.3, -0.25) is 9.67 Å². The van der Waals surface area contributed by atoms with E-state index in [1.807, 2.05) is 17.9 Å². The first-order chi connectivity index (χ1) is 11.2. The highest BCUT2D eigenvalue weighted by atomic mass is 15.3. The molecule has 0 amide bonds. The Morgan fingerprint density at radius 3 is 2.70 bits per heavy atom. The molecule has 130 valence electrons. The maximum Gasteiger partial charge on any atom is 0.191 e. The average molecular weight is 320 g/mol. The van der Waals surface area contributed by atoms with E-state index in [0.717, 1.165) is 38.6 Å². The zero-order valence-corrected chi connectivity index (χ0v) is 14.9. The maximum absolute atomic E-state index is 4.70. The second-order valence-electron chi connectivity index (χ2n) is 6.22. The lowest BCUT2D eigenvalue weighted by molar-refractivity contribution is 0.235. The number of hydrogen-bond acceptors (Lipinski definition) is 3. The largest absolute Gasteiger partial charge is 0.357 e. The van der Waals surface area contributed by atoms with Crippen molar-refractivity contribution in [1.82, 2.24) is 25.3 Å². The van der Waals surface area contributed by atoms with Crippen LogP contribution in [-0.2, 0) is 13.5 Å². The summed E-state index contributed by atoms with van der Waals surface area (Å²) in [7, 11) is 1.98. The van der Waals surface area contributed by atoms with Gasteiger partial charge in [0.05, 0.1) is 12.7 Å². The van der Waals surface area contributed by atoms with Crippen molar-refractivity contribution in [2.75, 3.05) is 39.3 Å². The molecule has 23 heavy (non-hydrogen) atoms. The summed E-state index contributed by atoms with van der Waals surface area (Å²) in [6.45, 7) is 10.4. The number of hydrogen-bond donors (Lipinski definition) is 2. The second kappa shape index (κ2) is 9.55. The predicted molar refractivity (Wildman–Crippen MR) is 95.9 cm³/mol. The van der Waals surface area contributed by atoms with Crippen LogP contribution in [0.1, 0.15) is 37.4 Å². The molecule has 1 aliphatic rings. The molecule has 2 heterocycles. The van der Waals surface area contributed by atoms with Crippen molar-refractivity contribution in [3.05, 3.63) is 17.5 Å². The first-order valence-corrected chi connectivity index (χ1v) is 8.92. The zero-order chi connectivity index (χ0) is 16.5. The van der Waals surface area contributed by atoms with E-state index in [9.17, 15) is 0 Å². The molecule has 0 unspecified atom stereocenters. The van der Waals surface area contributed by atoms with E-state index in [4.69, 9.17) is 4.99 Å². The van der Waals surface area contributed by atoms with Gasteiger partial charge in [0.1, 0.15) is 0 Å². The Morgan fingerprint density at radius 1 is 1.26 bits per heavy atom. The Morgan fingerprint density at radius 2 is 2.04 bits per heavy atom. The van der Waals surface area contributed by atoms with Crippen LogP contribution >= 0.6 is 0 Å². The Labute approximate surface area is 140 Å². The highest BCUT2D eigenvalue weighted by Crippen LogP contribution is 2.07. The Bertz CT molecular complexity index is 487. The van der Waals surface area contributed by atoms with Gasteiger partial charge in [0.25, 0.3) is 0 Å². The van der Waals surface area contributed by atoms with Gasteiger partial charge in [-0.15, -0.1) is 0 Å². The van der Waals surface area contributed by atoms with Crippen LogP contribution < -0.4 is 10.6 Å². The molecule has 1 fully saturated rings. The first kappa shape index (κ1) is 17.8. The smallest absolute Gasteiger partial charge is 0.191 e. The van der Waals surface area contributed by atoms with Gasteiger partial charge >= 0.3 is 0 Å². The summed E-state index contributed by atoms with van der Waals surface area (Å²) < 4.78 is 1.92. The molecule has 6 heteroatoms. The molecular weight excluding hydrogens is 288 g/mol. The van der Waals surface area contributed by atoms with Crippen molar-refractivity contribution < 1.29 is 0 Å². The molecule has 0 aliphatic carbocycles. The van der Waals surface area contributed by atoms with E-state index in [1.165, 1.54) is 43.6 Å². The minimum atomic E-state index is 0.862. The van der Waals surface area contributed by atoms with Gasteiger partial charge in [0.15, 0.2) is 5.96 Å². The topological polar surface area (TPSA) is 57.5 Å². The molecule has 2 rings (SSSR count). The fraction of sp³-hybridized carbons (Fsp3) is 0.765. The summed E-state index contributed by atoms with van der Waals surface area (Å²) in [5.74, 6) is 0.922. The molecule has 1 aliphatic heterocycles. The monoisotopic (exact) mass is 320 g/mol. The van der Waals surface area contributed by atoms with Gasteiger partial charge in [-0.25, -0.2) is 0 Å². The molecule has 0 spiro atoms. The van der Waals surface area contributed by atoms with Crippen LogP contribution in [0.3, 0.4) is 0 Å². The average Bonchev–Trinajstić information content (AvgIpc) is 2.88. The number of aliphatic imine (C=N–C) groups is 1. The van der Waals surface area contributed by atoms with Gasteiger partial charge in [-0.1, -0.05) is 6.42 Å². The molecule has 6 nitrogen and oxygen atoms in total. The molecule has 2 N–H and O–H groups in total. The third-order valence-electron chi connectivity index (χ3n) is 4.50. The number of likely N-dealkylation sites (tertiary alicyclic amines) is 1. The molecule has 0 saturated carbocycles. The lowest BCUT2D eigenvalue weighted by Gasteiger charge is -2.25. The van der Waals surface area contributed by atoms with Crippen molar-refractivity contribution in [1.29, 1.82) is 0 Å². The number of rotatable bonds is 7. The highest BCUT2D eigenvalue weighted by Gasteiger charge is 2.09. The van der Waals surface area contributed by atoms with E-state index >= 15 is 0 Å². The van der Waals surface area contributed by atoms with Gasteiger partial charge < -0.3 is 15.5 Å². The van der Waals surface area contributed by atoms with Crippen LogP contribution in [-0.4, -0.2) is 59.9 Å². The Balaban J connectivity index is 1.73. The summed E-state index contributed by atoms with van der Waals surface area (Å²) >= 11 is 0. The van der Waals surface area contributed by atoms with Crippen LogP contribution in [0.5, 0.6) is 0 Å². The molecule has 0 aromatic carbocycles. The van der Waals surface area contributed by atoms with Crippen molar-refractivity contribution in [2.45, 2.75) is 39.5 Å². The zero-order valence-electron chi connectivity index (χ0n) is 14.9. The van der Waals surface area contributed by atoms with Crippen LogP contribution in [0, 0.1) is 6.92 Å². The number of aryl methyl sites for hydroxylation is 1. The van der Waals surface area contributed by atoms with Crippen molar-refractivity contribution in [3.8, 4) is 0 Å². The second-order valence-corrected chi connectivity index (χ2v) is 6.22. The maximum atomic E-state index is 4.70. The van der Waals surface area contributed by atoms with Gasteiger partial charge in [0.2, 0.25) is 0 Å². The Hall–Kier alpha value is -1.56. The molecule has 1 aromatic heterocycles. The van der Waals surface area contributed by atoms with Gasteiger partial charge in [0, 0.05) is 32.4 Å². The van der Waals surface area contributed by atoms with E-state index in [0.29, 0.717) is 0 Å². The van der Waals surface area contributed by atoms with Crippen molar-refractivity contribution in [3.63, 3.8) is 0 Å². The molecule has 0 radical (unpaired) electrons. The standard InChI is InChI=1S/C17H32N6/c1-4-18-17(20-10-13-23-11-6-5-7-12-23)19-9-8-16-14-21-22(3)15(16)2/h14H,4-13H2,1-3H3,(H2,18,19,20). The molecule has 0 atom stereocenters. The number of aromatic nitrogens is 2. The quantitative estimate of drug-likeness (QED) is 0.587. The van der Waals surface area contributed by atoms with E-state index < -0.39 is 0 Å². The first-order valence-electron chi connectivity index (χ1n) is 8.92. The third-order valence-corrected chi connectivity index (χ3v) is 4.50. The number of piperidine rings is 1. The van der Waals surface area contributed by atoms with Gasteiger partial charge in [-0.2, -0.15) is 5.10 Å². The molecule has 0 bridgehead atoms. The summed E-state index contributed by atoms with van der Waals surface area (Å²) in [6.07, 6.45) is 6.99. The fourth-order valence-electron chi connectivity index (χ4n) is 2.93. The summed E-state index contributed by atoms with van der Waals surface area (Å²) in [5, 5.41) is 11.0. The lowest BCUT2D eigenvalue weighted by atomic mass is 10.1. The third kappa shape index (κ3) is 5.86. The van der Waals surface area contributed by atoms with Crippen LogP contribution in [0.4, 0.5) is 0 Å². The molecule has 1 aromatic rings. The molecule has 1 saturated heterocycles. The predicted octanol–water partition coefficient (Wildman–Crippen LogP) is 1.31. The minimum absolute atomic E-state index is 0.862. The summed E-state index contributed by atoms with van der Waals surface area (Å²) in [6, 6.07) is 0. The van der Waals surface area contributed by atoms with Crippen molar-refractivity contribution in [2.24, 2.45) is 12.0 Å². The van der Waals surface area contributed by atoms with Gasteiger partial charge in [-0.05, 0) is 51.8 Å². The normalized spacial score (nSPS) is 16.6. The fourth-order valence-corrected chi connectivity index (χ4v) is 2.93. The van der Waals surface area contributed by atoms with Crippen molar-refractivity contribution >= 4 is 5.96 Å². The highest BCUT2D eigenvalue weighted by molar-refractivity contribution is 5.79. The molecular formula is C17H32N6.